The zero-order valence-corrected chi connectivity index (χ0v) is 10.4. The third-order valence-corrected chi connectivity index (χ3v) is 4.04. The Morgan fingerprint density at radius 3 is 2.78 bits per heavy atom. The molecule has 96 valence electrons. The van der Waals surface area contributed by atoms with Crippen LogP contribution in [0.15, 0.2) is 24.3 Å². The van der Waals surface area contributed by atoms with Gasteiger partial charge in [0.25, 0.3) is 0 Å². The highest BCUT2D eigenvalue weighted by Crippen LogP contribution is 2.42. The SMILES string of the molecule is COc1ccc([C@@H]2CCC3(COC(=O)N3)C2)cc1. The van der Waals surface area contributed by atoms with E-state index in [0.29, 0.717) is 12.5 Å². The summed E-state index contributed by atoms with van der Waals surface area (Å²) in [5, 5.41) is 2.97. The van der Waals surface area contributed by atoms with Crippen molar-refractivity contribution in [3.05, 3.63) is 29.8 Å². The molecule has 1 spiro atoms. The highest BCUT2D eigenvalue weighted by molar-refractivity contribution is 5.70. The van der Waals surface area contributed by atoms with Gasteiger partial charge in [0.2, 0.25) is 0 Å². The average Bonchev–Trinajstić information content (AvgIpc) is 2.97. The lowest BCUT2D eigenvalue weighted by atomic mass is 9.93. The van der Waals surface area contributed by atoms with Gasteiger partial charge in [-0.05, 0) is 42.9 Å². The Balaban J connectivity index is 1.73. The monoisotopic (exact) mass is 247 g/mol. The van der Waals surface area contributed by atoms with Gasteiger partial charge in [-0.25, -0.2) is 4.79 Å². The molecule has 0 aromatic heterocycles. The molecule has 1 unspecified atom stereocenters. The first-order chi connectivity index (χ1) is 8.71. The van der Waals surface area contributed by atoms with E-state index in [1.807, 2.05) is 12.1 Å². The van der Waals surface area contributed by atoms with Crippen molar-refractivity contribution in [1.82, 2.24) is 5.32 Å². The summed E-state index contributed by atoms with van der Waals surface area (Å²) < 4.78 is 10.2. The highest BCUT2D eigenvalue weighted by atomic mass is 16.6. The molecule has 1 N–H and O–H groups in total. The van der Waals surface area contributed by atoms with Crippen molar-refractivity contribution >= 4 is 6.09 Å². The first-order valence-corrected chi connectivity index (χ1v) is 6.30. The number of methoxy groups -OCH3 is 1. The molecule has 1 aromatic rings. The molecule has 4 nitrogen and oxygen atoms in total. The first kappa shape index (κ1) is 11.4. The predicted octanol–water partition coefficient (Wildman–Crippen LogP) is 2.44. The number of rotatable bonds is 2. The van der Waals surface area contributed by atoms with Gasteiger partial charge in [0.1, 0.15) is 12.4 Å². The van der Waals surface area contributed by atoms with Gasteiger partial charge in [-0.15, -0.1) is 0 Å². The Kier molecular flexibility index (Phi) is 2.65. The maximum Gasteiger partial charge on any atom is 0.407 e. The Hall–Kier alpha value is -1.71. The average molecular weight is 247 g/mol. The second-order valence-electron chi connectivity index (χ2n) is 5.19. The van der Waals surface area contributed by atoms with Crippen LogP contribution in [0.25, 0.3) is 0 Å². The van der Waals surface area contributed by atoms with E-state index in [1.165, 1.54) is 5.56 Å². The predicted molar refractivity (Wildman–Crippen MR) is 66.8 cm³/mol. The standard InChI is InChI=1S/C14H17NO3/c1-17-12-4-2-10(3-5-12)11-6-7-14(8-11)9-18-13(16)15-14/h2-5,11H,6-9H2,1H3,(H,15,16)/t11-,14?/m1/s1. The molecular weight excluding hydrogens is 230 g/mol. The van der Waals surface area contributed by atoms with Crippen molar-refractivity contribution in [3.63, 3.8) is 0 Å². The molecule has 1 heterocycles. The Morgan fingerprint density at radius 1 is 1.39 bits per heavy atom. The topological polar surface area (TPSA) is 47.6 Å². The van der Waals surface area contributed by atoms with Gasteiger partial charge >= 0.3 is 6.09 Å². The Morgan fingerprint density at radius 2 is 2.17 bits per heavy atom. The number of hydrogen-bond donors (Lipinski definition) is 1. The third-order valence-electron chi connectivity index (χ3n) is 4.04. The maximum absolute atomic E-state index is 11.2. The summed E-state index contributed by atoms with van der Waals surface area (Å²) in [5.74, 6) is 1.38. The van der Waals surface area contributed by atoms with Crippen LogP contribution in [0.4, 0.5) is 4.79 Å². The van der Waals surface area contributed by atoms with Crippen molar-refractivity contribution in [2.24, 2.45) is 0 Å². The summed E-state index contributed by atoms with van der Waals surface area (Å²) >= 11 is 0. The number of carbonyl (C=O) groups is 1. The summed E-state index contributed by atoms with van der Waals surface area (Å²) in [7, 11) is 1.67. The highest BCUT2D eigenvalue weighted by Gasteiger charge is 2.45. The van der Waals surface area contributed by atoms with Crippen LogP contribution in [0, 0.1) is 0 Å². The lowest BCUT2D eigenvalue weighted by Crippen LogP contribution is -2.40. The van der Waals surface area contributed by atoms with E-state index >= 15 is 0 Å². The summed E-state index contributed by atoms with van der Waals surface area (Å²) in [6.45, 7) is 0.512. The van der Waals surface area contributed by atoms with E-state index in [9.17, 15) is 4.79 Å². The van der Waals surface area contributed by atoms with Crippen LogP contribution < -0.4 is 10.1 Å². The van der Waals surface area contributed by atoms with Crippen LogP contribution in [0.5, 0.6) is 5.75 Å². The molecule has 18 heavy (non-hydrogen) atoms. The minimum absolute atomic E-state index is 0.123. The second-order valence-corrected chi connectivity index (χ2v) is 5.19. The van der Waals surface area contributed by atoms with Crippen molar-refractivity contribution in [2.75, 3.05) is 13.7 Å². The zero-order chi connectivity index (χ0) is 12.6. The maximum atomic E-state index is 11.2. The number of benzene rings is 1. The molecule has 0 bridgehead atoms. The number of alkyl carbamates (subject to hydrolysis) is 1. The largest absolute Gasteiger partial charge is 0.497 e. The number of amides is 1. The van der Waals surface area contributed by atoms with Gasteiger partial charge in [-0.2, -0.15) is 0 Å². The minimum atomic E-state index is -0.273. The lowest BCUT2D eigenvalue weighted by Gasteiger charge is -2.20. The molecule has 1 aliphatic heterocycles. The summed E-state index contributed by atoms with van der Waals surface area (Å²) in [6.07, 6.45) is 2.78. The molecule has 1 amide bonds. The van der Waals surface area contributed by atoms with Gasteiger partial charge in [-0.1, -0.05) is 12.1 Å². The van der Waals surface area contributed by atoms with Crippen LogP contribution in [0.3, 0.4) is 0 Å². The number of carbonyl (C=O) groups excluding carboxylic acids is 1. The van der Waals surface area contributed by atoms with E-state index in [1.54, 1.807) is 7.11 Å². The molecule has 1 aliphatic carbocycles. The zero-order valence-electron chi connectivity index (χ0n) is 10.4. The Labute approximate surface area is 106 Å². The molecule has 2 fully saturated rings. The minimum Gasteiger partial charge on any atom is -0.497 e. The number of cyclic esters (lactones) is 1. The molecule has 1 aromatic carbocycles. The molecule has 1 saturated carbocycles. The molecule has 2 aliphatic rings. The number of ether oxygens (including phenoxy) is 2. The van der Waals surface area contributed by atoms with Crippen molar-refractivity contribution in [1.29, 1.82) is 0 Å². The van der Waals surface area contributed by atoms with E-state index in [-0.39, 0.29) is 11.6 Å². The van der Waals surface area contributed by atoms with E-state index in [2.05, 4.69) is 17.4 Å². The summed E-state index contributed by atoms with van der Waals surface area (Å²) in [4.78, 5) is 11.2. The first-order valence-electron chi connectivity index (χ1n) is 6.30. The quantitative estimate of drug-likeness (QED) is 0.873. The van der Waals surface area contributed by atoms with Crippen molar-refractivity contribution in [2.45, 2.75) is 30.7 Å². The van der Waals surface area contributed by atoms with E-state index < -0.39 is 0 Å². The van der Waals surface area contributed by atoms with Crippen molar-refractivity contribution < 1.29 is 14.3 Å². The molecule has 1 saturated heterocycles. The van der Waals surface area contributed by atoms with Crippen LogP contribution in [0.1, 0.15) is 30.7 Å². The molecule has 4 heteroatoms. The fraction of sp³-hybridized carbons (Fsp3) is 0.500. The molecule has 0 radical (unpaired) electrons. The fourth-order valence-corrected chi connectivity index (χ4v) is 3.02. The van der Waals surface area contributed by atoms with Gasteiger partial charge < -0.3 is 14.8 Å². The van der Waals surface area contributed by atoms with Gasteiger partial charge in [0, 0.05) is 0 Å². The molecule has 2 atom stereocenters. The molecular formula is C14H17NO3. The van der Waals surface area contributed by atoms with Crippen LogP contribution in [-0.2, 0) is 4.74 Å². The number of nitrogens with one attached hydrogen (secondary N) is 1. The molecule has 3 rings (SSSR count). The van der Waals surface area contributed by atoms with Gasteiger partial charge in [0.05, 0.1) is 12.6 Å². The van der Waals surface area contributed by atoms with Crippen molar-refractivity contribution in [3.8, 4) is 5.75 Å². The van der Waals surface area contributed by atoms with E-state index in [0.717, 1.165) is 25.0 Å². The van der Waals surface area contributed by atoms with Crippen LogP contribution in [-0.4, -0.2) is 25.3 Å². The Bertz CT molecular complexity index is 457. The summed E-state index contributed by atoms with van der Waals surface area (Å²) in [5.41, 5.74) is 1.19. The third kappa shape index (κ3) is 1.92. The van der Waals surface area contributed by atoms with Gasteiger partial charge in [-0.3, -0.25) is 0 Å². The van der Waals surface area contributed by atoms with E-state index in [4.69, 9.17) is 9.47 Å². The smallest absolute Gasteiger partial charge is 0.407 e. The second kappa shape index (κ2) is 4.19. The van der Waals surface area contributed by atoms with Crippen LogP contribution >= 0.6 is 0 Å². The fourth-order valence-electron chi connectivity index (χ4n) is 3.02. The lowest BCUT2D eigenvalue weighted by molar-refractivity contribution is 0.172. The number of hydrogen-bond acceptors (Lipinski definition) is 3. The summed E-state index contributed by atoms with van der Waals surface area (Å²) in [6, 6.07) is 8.20. The van der Waals surface area contributed by atoms with Crippen LogP contribution in [0.2, 0.25) is 0 Å². The van der Waals surface area contributed by atoms with Gasteiger partial charge in [0.15, 0.2) is 0 Å². The normalized spacial score (nSPS) is 30.3.